The van der Waals surface area contributed by atoms with Crippen LogP contribution in [0.5, 0.6) is 5.75 Å². The quantitative estimate of drug-likeness (QED) is 0.0753. The first kappa shape index (κ1) is 29.2. The second-order valence-electron chi connectivity index (χ2n) is 9.08. The molecule has 0 aliphatic heterocycles. The van der Waals surface area contributed by atoms with E-state index in [9.17, 15) is 9.59 Å². The molecule has 0 spiro atoms. The van der Waals surface area contributed by atoms with E-state index in [4.69, 9.17) is 9.47 Å². The minimum absolute atomic E-state index is 0.215. The van der Waals surface area contributed by atoms with Gasteiger partial charge in [0, 0.05) is 5.56 Å². The Morgan fingerprint density at radius 2 is 1.09 bits per heavy atom. The Morgan fingerprint density at radius 3 is 1.55 bits per heavy atom. The number of unbranched alkanes of at least 4 members (excludes halogenated alkanes) is 15. The molecule has 0 aromatic heterocycles. The van der Waals surface area contributed by atoms with Crippen LogP contribution in [-0.4, -0.2) is 25.0 Å². The number of carbonyl (C=O) groups is 2. The highest BCUT2D eigenvalue weighted by Gasteiger charge is 2.12. The first-order valence-electron chi connectivity index (χ1n) is 13.6. The Bertz CT molecular complexity index is 609. The van der Waals surface area contributed by atoms with Gasteiger partial charge in [-0.2, -0.15) is 0 Å². The number of ketones is 1. The zero-order valence-corrected chi connectivity index (χ0v) is 21.4. The Kier molecular flexibility index (Phi) is 18.4. The van der Waals surface area contributed by atoms with Crippen molar-refractivity contribution in [2.45, 2.75) is 123 Å². The fourth-order valence-electron chi connectivity index (χ4n) is 4.02. The van der Waals surface area contributed by atoms with Crippen molar-refractivity contribution >= 4 is 11.8 Å². The zero-order valence-electron chi connectivity index (χ0n) is 21.4. The SMILES string of the molecule is CCCCCCCCCCCCCCCCCCOc1ccc(C(=O)CC(=O)OCC)cc1. The molecule has 0 amide bonds. The van der Waals surface area contributed by atoms with Crippen LogP contribution >= 0.6 is 0 Å². The van der Waals surface area contributed by atoms with Gasteiger partial charge in [0.05, 0.1) is 13.2 Å². The first-order chi connectivity index (χ1) is 16.2. The summed E-state index contributed by atoms with van der Waals surface area (Å²) in [5.74, 6) is 0.0628. The molecule has 1 aromatic carbocycles. The highest BCUT2D eigenvalue weighted by Crippen LogP contribution is 2.16. The minimum Gasteiger partial charge on any atom is -0.494 e. The number of ether oxygens (including phenoxy) is 2. The van der Waals surface area contributed by atoms with Crippen molar-refractivity contribution in [2.24, 2.45) is 0 Å². The lowest BCUT2D eigenvalue weighted by atomic mass is 10.0. The Morgan fingerprint density at radius 1 is 0.636 bits per heavy atom. The number of carbonyl (C=O) groups excluding carboxylic acids is 2. The second-order valence-corrected chi connectivity index (χ2v) is 9.08. The lowest BCUT2D eigenvalue weighted by molar-refractivity contribution is -0.141. The molecule has 33 heavy (non-hydrogen) atoms. The number of esters is 1. The molecular weight excluding hydrogens is 412 g/mol. The van der Waals surface area contributed by atoms with Crippen molar-refractivity contribution in [1.82, 2.24) is 0 Å². The first-order valence-corrected chi connectivity index (χ1v) is 13.6. The van der Waals surface area contributed by atoms with E-state index in [0.717, 1.165) is 12.2 Å². The van der Waals surface area contributed by atoms with Gasteiger partial charge >= 0.3 is 5.97 Å². The summed E-state index contributed by atoms with van der Waals surface area (Å²) < 4.78 is 10.6. The third-order valence-corrected chi connectivity index (χ3v) is 6.05. The highest BCUT2D eigenvalue weighted by molar-refractivity contribution is 6.05. The largest absolute Gasteiger partial charge is 0.494 e. The normalized spacial score (nSPS) is 10.8. The van der Waals surface area contributed by atoms with Gasteiger partial charge in [-0.25, -0.2) is 0 Å². The van der Waals surface area contributed by atoms with Gasteiger partial charge in [-0.15, -0.1) is 0 Å². The molecule has 0 atom stereocenters. The van der Waals surface area contributed by atoms with Crippen LogP contribution in [0.3, 0.4) is 0 Å². The maximum absolute atomic E-state index is 12.0. The van der Waals surface area contributed by atoms with Crippen LogP contribution in [-0.2, 0) is 9.53 Å². The van der Waals surface area contributed by atoms with Crippen molar-refractivity contribution in [1.29, 1.82) is 0 Å². The van der Waals surface area contributed by atoms with Gasteiger partial charge in [0.25, 0.3) is 0 Å². The third-order valence-electron chi connectivity index (χ3n) is 6.05. The van der Waals surface area contributed by atoms with Crippen LogP contribution < -0.4 is 4.74 Å². The maximum atomic E-state index is 12.0. The van der Waals surface area contributed by atoms with E-state index in [2.05, 4.69) is 6.92 Å². The summed E-state index contributed by atoms with van der Waals surface area (Å²) in [5, 5.41) is 0. The van der Waals surface area contributed by atoms with Crippen LogP contribution in [0.2, 0.25) is 0 Å². The predicted molar refractivity (Wildman–Crippen MR) is 137 cm³/mol. The fraction of sp³-hybridized carbons (Fsp3) is 0.724. The molecule has 4 nitrogen and oxygen atoms in total. The molecule has 0 radical (unpaired) electrons. The molecule has 0 bridgehead atoms. The average molecular weight is 461 g/mol. The predicted octanol–water partition coefficient (Wildman–Crippen LogP) is 8.46. The molecule has 0 aliphatic rings. The summed E-state index contributed by atoms with van der Waals surface area (Å²) >= 11 is 0. The van der Waals surface area contributed by atoms with Crippen molar-refractivity contribution in [2.75, 3.05) is 13.2 Å². The maximum Gasteiger partial charge on any atom is 0.313 e. The number of rotatable bonds is 22. The topological polar surface area (TPSA) is 52.6 Å². The van der Waals surface area contributed by atoms with E-state index in [1.54, 1.807) is 31.2 Å². The lowest BCUT2D eigenvalue weighted by Gasteiger charge is -2.07. The van der Waals surface area contributed by atoms with Gasteiger partial charge < -0.3 is 9.47 Å². The molecule has 0 fully saturated rings. The summed E-state index contributed by atoms with van der Waals surface area (Å²) in [7, 11) is 0. The van der Waals surface area contributed by atoms with Crippen LogP contribution in [0.1, 0.15) is 133 Å². The van der Waals surface area contributed by atoms with Crippen molar-refractivity contribution in [3.63, 3.8) is 0 Å². The smallest absolute Gasteiger partial charge is 0.313 e. The summed E-state index contributed by atoms with van der Waals surface area (Å²) in [6.07, 6.45) is 21.5. The van der Waals surface area contributed by atoms with Crippen molar-refractivity contribution in [3.8, 4) is 5.75 Å². The van der Waals surface area contributed by atoms with E-state index in [1.807, 2.05) is 0 Å². The summed E-state index contributed by atoms with van der Waals surface area (Å²) in [5.41, 5.74) is 0.512. The highest BCUT2D eigenvalue weighted by atomic mass is 16.5. The molecule has 4 heteroatoms. The Labute approximate surface area is 202 Å². The van der Waals surface area contributed by atoms with E-state index >= 15 is 0 Å². The minimum atomic E-state index is -0.480. The van der Waals surface area contributed by atoms with Crippen molar-refractivity contribution < 1.29 is 19.1 Å². The van der Waals surface area contributed by atoms with Crippen LogP contribution in [0, 0.1) is 0 Å². The molecule has 0 saturated carbocycles. The van der Waals surface area contributed by atoms with Gasteiger partial charge in [-0.05, 0) is 37.6 Å². The standard InChI is InChI=1S/C29H48O4/c1-3-5-6-7-8-9-10-11-12-13-14-15-16-17-18-19-24-33-27-22-20-26(21-23-27)28(30)25-29(31)32-4-2/h20-23H,3-19,24-25H2,1-2H3. The Balaban J connectivity index is 1.91. The molecule has 0 heterocycles. The average Bonchev–Trinajstić information content (AvgIpc) is 2.81. The van der Waals surface area contributed by atoms with E-state index in [1.165, 1.54) is 96.3 Å². The van der Waals surface area contributed by atoms with Gasteiger partial charge in [0.2, 0.25) is 0 Å². The Hall–Kier alpha value is -1.84. The molecule has 0 saturated heterocycles. The summed E-state index contributed by atoms with van der Waals surface area (Å²) in [6, 6.07) is 7.02. The molecule has 188 valence electrons. The van der Waals surface area contributed by atoms with Gasteiger partial charge in [-0.3, -0.25) is 9.59 Å². The van der Waals surface area contributed by atoms with E-state index in [0.29, 0.717) is 12.2 Å². The van der Waals surface area contributed by atoms with E-state index < -0.39 is 5.97 Å². The summed E-state index contributed by atoms with van der Waals surface area (Å²) in [6.45, 7) is 5.00. The molecule has 0 aliphatic carbocycles. The number of hydrogen-bond acceptors (Lipinski definition) is 4. The van der Waals surface area contributed by atoms with Gasteiger partial charge in [0.1, 0.15) is 12.2 Å². The van der Waals surface area contributed by atoms with Crippen LogP contribution in [0.4, 0.5) is 0 Å². The number of benzene rings is 1. The molecular formula is C29H48O4. The molecule has 1 rings (SSSR count). The summed E-state index contributed by atoms with van der Waals surface area (Å²) in [4.78, 5) is 23.4. The number of hydrogen-bond donors (Lipinski definition) is 0. The zero-order chi connectivity index (χ0) is 24.0. The molecule has 1 aromatic rings. The van der Waals surface area contributed by atoms with E-state index in [-0.39, 0.29) is 18.8 Å². The van der Waals surface area contributed by atoms with Crippen LogP contribution in [0.15, 0.2) is 24.3 Å². The van der Waals surface area contributed by atoms with Crippen LogP contribution in [0.25, 0.3) is 0 Å². The third kappa shape index (κ3) is 16.4. The van der Waals surface area contributed by atoms with Gasteiger partial charge in [0.15, 0.2) is 5.78 Å². The van der Waals surface area contributed by atoms with Crippen molar-refractivity contribution in [3.05, 3.63) is 29.8 Å². The fourth-order valence-corrected chi connectivity index (χ4v) is 4.02. The van der Waals surface area contributed by atoms with Gasteiger partial charge in [-0.1, -0.05) is 103 Å². The lowest BCUT2D eigenvalue weighted by Crippen LogP contribution is -2.11. The second kappa shape index (κ2) is 20.7. The number of Topliss-reactive ketones (excluding diaryl/α,β-unsaturated/α-hetero) is 1. The molecule has 0 unspecified atom stereocenters. The monoisotopic (exact) mass is 460 g/mol. The molecule has 0 N–H and O–H groups in total.